The smallest absolute Gasteiger partial charge is 0.271 e. The summed E-state index contributed by atoms with van der Waals surface area (Å²) >= 11 is 1.57. The largest absolute Gasteiger partial charge is 0.486 e. The molecule has 1 aliphatic heterocycles. The highest BCUT2D eigenvalue weighted by Crippen LogP contribution is 2.30. The molecular formula is C24H24N4O3S. The van der Waals surface area contributed by atoms with Crippen LogP contribution < -0.4 is 14.9 Å². The summed E-state index contributed by atoms with van der Waals surface area (Å²) in [6, 6.07) is 15.0. The summed E-state index contributed by atoms with van der Waals surface area (Å²) in [6.45, 7) is 6.83. The standard InChI is InChI=1S/C24H24N4O3S/c1-15-12-16(2)26-24(25-15)32-14-18-4-6-19(7-5-18)23(29)28-27-17(3)20-8-9-21-22(13-20)31-11-10-30-21/h4-9,12-13H,10-11,14H2,1-3H3,(H,28,29)/b27-17-. The van der Waals surface area contributed by atoms with E-state index in [-0.39, 0.29) is 5.91 Å². The Hall–Kier alpha value is -3.39. The minimum absolute atomic E-state index is 0.265. The SMILES string of the molecule is C/C(=N/NC(=O)c1ccc(CSc2nc(C)cc(C)n2)cc1)c1ccc2c(c1)OCCO2. The Morgan fingerprint density at radius 2 is 1.62 bits per heavy atom. The molecule has 0 bridgehead atoms. The molecule has 1 aromatic heterocycles. The second kappa shape index (κ2) is 9.82. The van der Waals surface area contributed by atoms with E-state index in [1.165, 1.54) is 0 Å². The van der Waals surface area contributed by atoms with Crippen LogP contribution >= 0.6 is 11.8 Å². The number of hydrogen-bond acceptors (Lipinski definition) is 7. The van der Waals surface area contributed by atoms with Crippen molar-refractivity contribution in [3.63, 3.8) is 0 Å². The number of rotatable bonds is 6. The number of aryl methyl sites for hydroxylation is 2. The van der Waals surface area contributed by atoms with E-state index in [1.54, 1.807) is 23.9 Å². The highest BCUT2D eigenvalue weighted by Gasteiger charge is 2.13. The summed E-state index contributed by atoms with van der Waals surface area (Å²) in [4.78, 5) is 21.4. The zero-order chi connectivity index (χ0) is 22.5. The van der Waals surface area contributed by atoms with Gasteiger partial charge in [-0.1, -0.05) is 23.9 Å². The van der Waals surface area contributed by atoms with Crippen LogP contribution in [0.1, 0.15) is 39.8 Å². The third-order valence-corrected chi connectivity index (χ3v) is 5.75. The molecule has 0 atom stereocenters. The highest BCUT2D eigenvalue weighted by atomic mass is 32.2. The molecule has 0 unspecified atom stereocenters. The summed E-state index contributed by atoms with van der Waals surface area (Å²) in [5.74, 6) is 1.87. The van der Waals surface area contributed by atoms with Gasteiger partial charge in [0.15, 0.2) is 16.7 Å². The van der Waals surface area contributed by atoms with E-state index in [1.807, 2.05) is 57.2 Å². The van der Waals surface area contributed by atoms with Crippen molar-refractivity contribution >= 4 is 23.4 Å². The number of carbonyl (C=O) groups is 1. The molecule has 0 saturated carbocycles. The van der Waals surface area contributed by atoms with Gasteiger partial charge in [0.05, 0.1) is 5.71 Å². The van der Waals surface area contributed by atoms with Crippen molar-refractivity contribution in [1.82, 2.24) is 15.4 Å². The Morgan fingerprint density at radius 3 is 2.34 bits per heavy atom. The van der Waals surface area contributed by atoms with Crippen molar-refractivity contribution in [2.75, 3.05) is 13.2 Å². The molecule has 164 valence electrons. The topological polar surface area (TPSA) is 85.7 Å². The van der Waals surface area contributed by atoms with Gasteiger partial charge in [-0.2, -0.15) is 5.10 Å². The van der Waals surface area contributed by atoms with Gasteiger partial charge in [0.1, 0.15) is 13.2 Å². The summed E-state index contributed by atoms with van der Waals surface area (Å²) in [5.41, 5.74) is 7.70. The molecule has 1 N–H and O–H groups in total. The Bertz CT molecular complexity index is 1140. The van der Waals surface area contributed by atoms with Gasteiger partial charge in [-0.05, 0) is 62.7 Å². The first kappa shape index (κ1) is 21.8. The molecule has 3 aromatic rings. The molecule has 0 saturated heterocycles. The quantitative estimate of drug-likeness (QED) is 0.262. The van der Waals surface area contributed by atoms with E-state index in [0.717, 1.165) is 39.2 Å². The predicted molar refractivity (Wildman–Crippen MR) is 125 cm³/mol. The van der Waals surface area contributed by atoms with Gasteiger partial charge in [0.2, 0.25) is 0 Å². The minimum atomic E-state index is -0.265. The van der Waals surface area contributed by atoms with Crippen LogP contribution in [0.15, 0.2) is 58.8 Å². The van der Waals surface area contributed by atoms with E-state index < -0.39 is 0 Å². The first-order chi connectivity index (χ1) is 15.5. The van der Waals surface area contributed by atoms with E-state index in [9.17, 15) is 4.79 Å². The molecular weight excluding hydrogens is 424 g/mol. The fourth-order valence-corrected chi connectivity index (χ4v) is 4.10. The summed E-state index contributed by atoms with van der Waals surface area (Å²) < 4.78 is 11.1. The normalized spacial score (nSPS) is 13.0. The van der Waals surface area contributed by atoms with Gasteiger partial charge in [-0.15, -0.1) is 0 Å². The van der Waals surface area contributed by atoms with Crippen LogP contribution in [0.4, 0.5) is 0 Å². The first-order valence-corrected chi connectivity index (χ1v) is 11.3. The van der Waals surface area contributed by atoms with Crippen molar-refractivity contribution in [3.8, 4) is 11.5 Å². The van der Waals surface area contributed by atoms with Gasteiger partial charge >= 0.3 is 0 Å². The van der Waals surface area contributed by atoms with Crippen LogP contribution in [0.2, 0.25) is 0 Å². The minimum Gasteiger partial charge on any atom is -0.486 e. The molecule has 0 radical (unpaired) electrons. The Kier molecular flexibility index (Phi) is 6.70. The predicted octanol–water partition coefficient (Wildman–Crippen LogP) is 4.31. The summed E-state index contributed by atoms with van der Waals surface area (Å²) in [7, 11) is 0. The molecule has 0 aliphatic carbocycles. The number of hydrogen-bond donors (Lipinski definition) is 1. The van der Waals surface area contributed by atoms with E-state index in [4.69, 9.17) is 9.47 Å². The molecule has 8 heteroatoms. The third kappa shape index (κ3) is 5.45. The first-order valence-electron chi connectivity index (χ1n) is 10.3. The van der Waals surface area contributed by atoms with Gasteiger partial charge < -0.3 is 9.47 Å². The summed E-state index contributed by atoms with van der Waals surface area (Å²) in [5, 5.41) is 4.99. The lowest BCUT2D eigenvalue weighted by Gasteiger charge is -2.18. The zero-order valence-corrected chi connectivity index (χ0v) is 19.0. The van der Waals surface area contributed by atoms with Gasteiger partial charge in [-0.25, -0.2) is 15.4 Å². The number of thioether (sulfide) groups is 1. The Labute approximate surface area is 191 Å². The zero-order valence-electron chi connectivity index (χ0n) is 18.2. The maximum atomic E-state index is 12.5. The van der Waals surface area contributed by atoms with Gasteiger partial charge in [0, 0.05) is 28.3 Å². The van der Waals surface area contributed by atoms with Crippen molar-refractivity contribution in [3.05, 3.63) is 76.6 Å². The van der Waals surface area contributed by atoms with Crippen molar-refractivity contribution in [2.24, 2.45) is 5.10 Å². The number of nitrogens with zero attached hydrogens (tertiary/aromatic N) is 3. The van der Waals surface area contributed by atoms with Crippen LogP contribution in [0.25, 0.3) is 0 Å². The van der Waals surface area contributed by atoms with Crippen molar-refractivity contribution in [1.29, 1.82) is 0 Å². The van der Waals surface area contributed by atoms with Crippen LogP contribution in [0, 0.1) is 13.8 Å². The molecule has 2 heterocycles. The number of aromatic nitrogens is 2. The molecule has 4 rings (SSSR count). The Balaban J connectivity index is 1.35. The van der Waals surface area contributed by atoms with E-state index >= 15 is 0 Å². The lowest BCUT2D eigenvalue weighted by Crippen LogP contribution is -2.19. The monoisotopic (exact) mass is 448 g/mol. The second-order valence-electron chi connectivity index (χ2n) is 7.42. The molecule has 32 heavy (non-hydrogen) atoms. The number of nitrogens with one attached hydrogen (secondary N) is 1. The van der Waals surface area contributed by atoms with E-state index in [0.29, 0.717) is 30.2 Å². The molecule has 0 fully saturated rings. The number of benzene rings is 2. The van der Waals surface area contributed by atoms with Gasteiger partial charge in [0.25, 0.3) is 5.91 Å². The lowest BCUT2D eigenvalue weighted by molar-refractivity contribution is 0.0955. The molecule has 0 spiro atoms. The van der Waals surface area contributed by atoms with Gasteiger partial charge in [-0.3, -0.25) is 4.79 Å². The maximum absolute atomic E-state index is 12.5. The fourth-order valence-electron chi connectivity index (χ4n) is 3.19. The molecule has 2 aromatic carbocycles. The number of amides is 1. The maximum Gasteiger partial charge on any atom is 0.271 e. The fraction of sp³-hybridized carbons (Fsp3) is 0.250. The average Bonchev–Trinajstić information content (AvgIpc) is 2.80. The number of fused-ring (bicyclic) bond motifs is 1. The average molecular weight is 449 g/mol. The second-order valence-corrected chi connectivity index (χ2v) is 8.36. The van der Waals surface area contributed by atoms with Crippen molar-refractivity contribution in [2.45, 2.75) is 31.7 Å². The van der Waals surface area contributed by atoms with Crippen molar-refractivity contribution < 1.29 is 14.3 Å². The highest BCUT2D eigenvalue weighted by molar-refractivity contribution is 7.98. The van der Waals surface area contributed by atoms with Crippen LogP contribution in [0.5, 0.6) is 11.5 Å². The third-order valence-electron chi connectivity index (χ3n) is 4.83. The molecule has 1 aliphatic rings. The van der Waals surface area contributed by atoms with Crippen LogP contribution in [-0.2, 0) is 5.75 Å². The van der Waals surface area contributed by atoms with E-state index in [2.05, 4.69) is 20.5 Å². The van der Waals surface area contributed by atoms with Crippen LogP contribution in [-0.4, -0.2) is 34.8 Å². The molecule has 1 amide bonds. The number of ether oxygens (including phenoxy) is 2. The molecule has 7 nitrogen and oxygen atoms in total. The Morgan fingerprint density at radius 1 is 0.969 bits per heavy atom. The number of carbonyl (C=O) groups excluding carboxylic acids is 1. The van der Waals surface area contributed by atoms with Crippen LogP contribution in [0.3, 0.4) is 0 Å². The number of hydrazone groups is 1. The lowest BCUT2D eigenvalue weighted by atomic mass is 10.1. The summed E-state index contributed by atoms with van der Waals surface area (Å²) in [6.07, 6.45) is 0.